The van der Waals surface area contributed by atoms with Gasteiger partial charge in [-0.05, 0) is 54.9 Å². The second kappa shape index (κ2) is 8.27. The highest BCUT2D eigenvalue weighted by molar-refractivity contribution is 7.14. The van der Waals surface area contributed by atoms with Crippen LogP contribution in [0.5, 0.6) is 0 Å². The van der Waals surface area contributed by atoms with E-state index >= 15 is 0 Å². The quantitative estimate of drug-likeness (QED) is 0.770. The number of hydrogen-bond acceptors (Lipinski definition) is 4. The van der Waals surface area contributed by atoms with Crippen LogP contribution in [0.1, 0.15) is 46.0 Å². The number of piperidine rings is 1. The van der Waals surface area contributed by atoms with Gasteiger partial charge in [0.2, 0.25) is 0 Å². The van der Waals surface area contributed by atoms with Crippen LogP contribution in [-0.2, 0) is 6.42 Å². The van der Waals surface area contributed by atoms with Gasteiger partial charge in [0.25, 0.3) is 11.8 Å². The fourth-order valence-electron chi connectivity index (χ4n) is 2.89. The van der Waals surface area contributed by atoms with E-state index in [2.05, 4.69) is 22.9 Å². The van der Waals surface area contributed by atoms with Gasteiger partial charge >= 0.3 is 0 Å². The number of anilines is 1. The number of thiophene rings is 1. The van der Waals surface area contributed by atoms with Crippen LogP contribution in [-0.4, -0.2) is 30.9 Å². The summed E-state index contributed by atoms with van der Waals surface area (Å²) < 4.78 is 0. The standard InChI is InChI=1S/C19H23N3O2S/c1-2-13-5-7-14(8-6-13)17(23)22-19-16(9-11-25-19)18(24)21-15-4-3-10-20-12-15/h5-9,11,15,20H,2-4,10,12H2,1H3,(H,21,24)(H,22,23)/t15-/m0/s1. The van der Waals surface area contributed by atoms with Crippen molar-refractivity contribution in [1.82, 2.24) is 10.6 Å². The summed E-state index contributed by atoms with van der Waals surface area (Å²) in [5.74, 6) is -0.329. The molecule has 5 nitrogen and oxygen atoms in total. The van der Waals surface area contributed by atoms with Crippen molar-refractivity contribution in [3.05, 3.63) is 52.4 Å². The molecule has 6 heteroatoms. The molecule has 1 aromatic heterocycles. The number of benzene rings is 1. The summed E-state index contributed by atoms with van der Waals surface area (Å²) >= 11 is 1.36. The first-order valence-corrected chi connectivity index (χ1v) is 9.54. The van der Waals surface area contributed by atoms with Gasteiger partial charge in [-0.3, -0.25) is 9.59 Å². The molecule has 2 aromatic rings. The number of nitrogens with one attached hydrogen (secondary N) is 3. The molecule has 2 amide bonds. The third-order valence-electron chi connectivity index (χ3n) is 4.39. The number of aryl methyl sites for hydroxylation is 1. The van der Waals surface area contributed by atoms with Crippen molar-refractivity contribution in [2.45, 2.75) is 32.2 Å². The Morgan fingerprint density at radius 2 is 2.00 bits per heavy atom. The molecule has 0 radical (unpaired) electrons. The van der Waals surface area contributed by atoms with E-state index in [9.17, 15) is 9.59 Å². The number of amides is 2. The molecule has 0 bridgehead atoms. The van der Waals surface area contributed by atoms with Gasteiger partial charge in [-0.1, -0.05) is 19.1 Å². The smallest absolute Gasteiger partial charge is 0.256 e. The second-order valence-corrected chi connectivity index (χ2v) is 7.10. The van der Waals surface area contributed by atoms with E-state index in [0.717, 1.165) is 32.4 Å². The third-order valence-corrected chi connectivity index (χ3v) is 5.22. The molecule has 3 rings (SSSR count). The van der Waals surface area contributed by atoms with Gasteiger partial charge in [-0.25, -0.2) is 0 Å². The minimum atomic E-state index is -0.196. The van der Waals surface area contributed by atoms with Crippen LogP contribution in [0.4, 0.5) is 5.00 Å². The Morgan fingerprint density at radius 3 is 2.68 bits per heavy atom. The SMILES string of the molecule is CCc1ccc(C(=O)Nc2sccc2C(=O)N[C@H]2CCCNC2)cc1. The molecule has 0 spiro atoms. The Hall–Kier alpha value is -2.18. The van der Waals surface area contributed by atoms with Crippen LogP contribution in [0.3, 0.4) is 0 Å². The fourth-order valence-corrected chi connectivity index (χ4v) is 3.67. The average Bonchev–Trinajstić information content (AvgIpc) is 3.11. The Bertz CT molecular complexity index is 733. The molecule has 1 aromatic carbocycles. The number of hydrogen-bond donors (Lipinski definition) is 3. The van der Waals surface area contributed by atoms with Gasteiger partial charge in [-0.15, -0.1) is 11.3 Å². The van der Waals surface area contributed by atoms with E-state index in [-0.39, 0.29) is 17.9 Å². The number of rotatable bonds is 5. The summed E-state index contributed by atoms with van der Waals surface area (Å²) in [6, 6.07) is 9.43. The normalized spacial score (nSPS) is 17.1. The maximum Gasteiger partial charge on any atom is 0.256 e. The molecule has 25 heavy (non-hydrogen) atoms. The molecule has 1 aliphatic heterocycles. The van der Waals surface area contributed by atoms with E-state index in [4.69, 9.17) is 0 Å². The summed E-state index contributed by atoms with van der Waals surface area (Å²) in [5.41, 5.74) is 2.30. The first-order valence-electron chi connectivity index (χ1n) is 8.66. The van der Waals surface area contributed by atoms with Crippen molar-refractivity contribution in [3.8, 4) is 0 Å². The summed E-state index contributed by atoms with van der Waals surface area (Å²) in [6.07, 6.45) is 2.98. The first kappa shape index (κ1) is 17.6. The minimum absolute atomic E-state index is 0.133. The number of carbonyl (C=O) groups is 2. The minimum Gasteiger partial charge on any atom is -0.348 e. The summed E-state index contributed by atoms with van der Waals surface area (Å²) in [5, 5.41) is 11.6. The van der Waals surface area contributed by atoms with Gasteiger partial charge in [0.1, 0.15) is 5.00 Å². The fraction of sp³-hybridized carbons (Fsp3) is 0.368. The van der Waals surface area contributed by atoms with Crippen molar-refractivity contribution in [1.29, 1.82) is 0 Å². The zero-order valence-corrected chi connectivity index (χ0v) is 15.1. The second-order valence-electron chi connectivity index (χ2n) is 6.18. The predicted octanol–water partition coefficient (Wildman–Crippen LogP) is 3.04. The van der Waals surface area contributed by atoms with Gasteiger partial charge in [0.05, 0.1) is 5.56 Å². The molecule has 1 saturated heterocycles. The van der Waals surface area contributed by atoms with Crippen LogP contribution in [0, 0.1) is 0 Å². The Labute approximate surface area is 151 Å². The topological polar surface area (TPSA) is 70.2 Å². The van der Waals surface area contributed by atoms with Crippen LogP contribution in [0.2, 0.25) is 0 Å². The van der Waals surface area contributed by atoms with Gasteiger partial charge in [0, 0.05) is 18.2 Å². The maximum atomic E-state index is 12.5. The van der Waals surface area contributed by atoms with Gasteiger partial charge < -0.3 is 16.0 Å². The number of carbonyl (C=O) groups excluding carboxylic acids is 2. The van der Waals surface area contributed by atoms with Crippen molar-refractivity contribution < 1.29 is 9.59 Å². The molecule has 0 unspecified atom stereocenters. The molecule has 132 valence electrons. The molecule has 3 N–H and O–H groups in total. The zero-order chi connectivity index (χ0) is 17.6. The zero-order valence-electron chi connectivity index (χ0n) is 14.3. The van der Waals surface area contributed by atoms with E-state index < -0.39 is 0 Å². The lowest BCUT2D eigenvalue weighted by molar-refractivity contribution is 0.0932. The molecule has 0 aliphatic carbocycles. The van der Waals surface area contributed by atoms with Crippen molar-refractivity contribution in [2.75, 3.05) is 18.4 Å². The van der Waals surface area contributed by atoms with Gasteiger partial charge in [0.15, 0.2) is 0 Å². The monoisotopic (exact) mass is 357 g/mol. The van der Waals surface area contributed by atoms with Crippen molar-refractivity contribution >= 4 is 28.2 Å². The Kier molecular flexibility index (Phi) is 5.83. The Morgan fingerprint density at radius 1 is 1.20 bits per heavy atom. The summed E-state index contributed by atoms with van der Waals surface area (Å²) in [6.45, 7) is 3.87. The largest absolute Gasteiger partial charge is 0.348 e. The van der Waals surface area contributed by atoms with Crippen LogP contribution in [0.15, 0.2) is 35.7 Å². The Balaban J connectivity index is 1.65. The highest BCUT2D eigenvalue weighted by Gasteiger charge is 2.20. The molecule has 1 fully saturated rings. The molecule has 0 saturated carbocycles. The summed E-state index contributed by atoms with van der Waals surface area (Å²) in [7, 11) is 0. The lowest BCUT2D eigenvalue weighted by Gasteiger charge is -2.23. The van der Waals surface area contributed by atoms with Crippen molar-refractivity contribution in [2.24, 2.45) is 0 Å². The van der Waals surface area contributed by atoms with Crippen molar-refractivity contribution in [3.63, 3.8) is 0 Å². The highest BCUT2D eigenvalue weighted by atomic mass is 32.1. The lowest BCUT2D eigenvalue weighted by atomic mass is 10.1. The molecular formula is C19H23N3O2S. The lowest BCUT2D eigenvalue weighted by Crippen LogP contribution is -2.45. The molecular weight excluding hydrogens is 334 g/mol. The first-order chi connectivity index (χ1) is 12.2. The molecule has 2 heterocycles. The summed E-state index contributed by atoms with van der Waals surface area (Å²) in [4.78, 5) is 24.9. The molecule has 1 aliphatic rings. The predicted molar refractivity (Wildman–Crippen MR) is 101 cm³/mol. The van der Waals surface area contributed by atoms with Gasteiger partial charge in [-0.2, -0.15) is 0 Å². The van der Waals surface area contributed by atoms with E-state index in [0.29, 0.717) is 16.1 Å². The molecule has 1 atom stereocenters. The van der Waals surface area contributed by atoms with Crippen LogP contribution >= 0.6 is 11.3 Å². The third kappa shape index (κ3) is 4.46. The maximum absolute atomic E-state index is 12.5. The average molecular weight is 357 g/mol. The van der Waals surface area contributed by atoms with E-state index in [1.807, 2.05) is 29.6 Å². The van der Waals surface area contributed by atoms with Crippen LogP contribution in [0.25, 0.3) is 0 Å². The van der Waals surface area contributed by atoms with Crippen LogP contribution < -0.4 is 16.0 Å². The van der Waals surface area contributed by atoms with E-state index in [1.54, 1.807) is 6.07 Å². The highest BCUT2D eigenvalue weighted by Crippen LogP contribution is 2.24. The van der Waals surface area contributed by atoms with E-state index in [1.165, 1.54) is 16.9 Å².